The molecular formula is C32H38Hf. The van der Waals surface area contributed by atoms with Gasteiger partial charge in [0.15, 0.2) is 0 Å². The molecule has 2 aromatic rings. The third-order valence-electron chi connectivity index (χ3n) is 9.62. The van der Waals surface area contributed by atoms with Crippen molar-refractivity contribution in [2.75, 3.05) is 0 Å². The molecule has 3 aliphatic carbocycles. The molecule has 0 N–H and O–H groups in total. The molecule has 0 aromatic heterocycles. The molecule has 0 radical (unpaired) electrons. The molecule has 0 bridgehead atoms. The van der Waals surface area contributed by atoms with Crippen LogP contribution in [0.15, 0.2) is 70.8 Å². The van der Waals surface area contributed by atoms with Crippen LogP contribution in [0.5, 0.6) is 0 Å². The van der Waals surface area contributed by atoms with Gasteiger partial charge in [0, 0.05) is 36.7 Å². The number of hydrogen-bond donors (Lipinski definition) is 0. The Balaban J connectivity index is 0.00000259. The van der Waals surface area contributed by atoms with Crippen molar-refractivity contribution in [3.8, 4) is 0 Å². The Bertz CT molecular complexity index is 1140. The summed E-state index contributed by atoms with van der Waals surface area (Å²) < 4.78 is 0. The predicted molar refractivity (Wildman–Crippen MR) is 138 cm³/mol. The van der Waals surface area contributed by atoms with Crippen molar-refractivity contribution in [3.05, 3.63) is 98.7 Å². The Kier molecular flexibility index (Phi) is 6.69. The van der Waals surface area contributed by atoms with Crippen molar-refractivity contribution in [1.29, 1.82) is 0 Å². The summed E-state index contributed by atoms with van der Waals surface area (Å²) in [5.41, 5.74) is 13.8. The van der Waals surface area contributed by atoms with E-state index in [1.807, 2.05) is 0 Å². The van der Waals surface area contributed by atoms with Crippen molar-refractivity contribution < 1.29 is 25.8 Å². The molecule has 2 aromatic carbocycles. The molecule has 0 saturated heterocycles. The molecule has 2 unspecified atom stereocenters. The molecule has 170 valence electrons. The molecule has 2 atom stereocenters. The molecule has 5 rings (SSSR count). The summed E-state index contributed by atoms with van der Waals surface area (Å²) in [5.74, 6) is 0.487. The monoisotopic (exact) mass is 602 g/mol. The van der Waals surface area contributed by atoms with Crippen LogP contribution in [0.4, 0.5) is 0 Å². The summed E-state index contributed by atoms with van der Waals surface area (Å²) in [4.78, 5) is 0. The van der Waals surface area contributed by atoms with Gasteiger partial charge in [-0.3, -0.25) is 0 Å². The quantitative estimate of drug-likeness (QED) is 0.308. The average molecular weight is 601 g/mol. The second kappa shape index (κ2) is 8.95. The first-order valence-electron chi connectivity index (χ1n) is 12.6. The molecule has 0 nitrogen and oxygen atoms in total. The van der Waals surface area contributed by atoms with Gasteiger partial charge in [0.25, 0.3) is 0 Å². The smallest absolute Gasteiger partial charge is 0.0275 e. The number of aryl methyl sites for hydroxylation is 2. The fourth-order valence-electron chi connectivity index (χ4n) is 7.11. The molecular weight excluding hydrogens is 563 g/mol. The molecule has 0 saturated carbocycles. The van der Waals surface area contributed by atoms with Crippen LogP contribution in [-0.2, 0) is 44.1 Å². The van der Waals surface area contributed by atoms with Crippen LogP contribution in [0.3, 0.4) is 0 Å². The van der Waals surface area contributed by atoms with Crippen LogP contribution in [0.2, 0.25) is 0 Å². The van der Waals surface area contributed by atoms with Gasteiger partial charge in [0.1, 0.15) is 0 Å². The van der Waals surface area contributed by atoms with Crippen molar-refractivity contribution >= 4 is 6.08 Å². The summed E-state index contributed by atoms with van der Waals surface area (Å²) in [5, 5.41) is 0. The Hall–Kier alpha value is -1.47. The number of rotatable bonds is 4. The Labute approximate surface area is 220 Å². The van der Waals surface area contributed by atoms with Gasteiger partial charge >= 0.3 is 0 Å². The largest absolute Gasteiger partial charge is 0.0721 e. The van der Waals surface area contributed by atoms with Gasteiger partial charge in [0.2, 0.25) is 0 Å². The zero-order valence-electron chi connectivity index (χ0n) is 21.3. The van der Waals surface area contributed by atoms with Gasteiger partial charge < -0.3 is 0 Å². The Morgan fingerprint density at radius 3 is 2.03 bits per heavy atom. The van der Waals surface area contributed by atoms with E-state index in [-0.39, 0.29) is 36.7 Å². The van der Waals surface area contributed by atoms with E-state index in [9.17, 15) is 0 Å². The number of hydrogen-bond acceptors (Lipinski definition) is 0. The molecule has 0 fully saturated rings. The summed E-state index contributed by atoms with van der Waals surface area (Å²) in [6, 6.07) is 16.3. The van der Waals surface area contributed by atoms with Gasteiger partial charge in [-0.2, -0.15) is 0 Å². The Morgan fingerprint density at radius 1 is 0.848 bits per heavy atom. The molecule has 33 heavy (non-hydrogen) atoms. The summed E-state index contributed by atoms with van der Waals surface area (Å²) >= 11 is 0. The fraction of sp³-hybridized carbons (Fsp3) is 0.438. The van der Waals surface area contributed by atoms with Crippen LogP contribution in [-0.4, -0.2) is 0 Å². The van der Waals surface area contributed by atoms with E-state index in [1.54, 1.807) is 27.8 Å². The number of allylic oxidation sites excluding steroid dienone is 5. The third-order valence-corrected chi connectivity index (χ3v) is 9.62. The summed E-state index contributed by atoms with van der Waals surface area (Å²) in [6.07, 6.45) is 11.3. The number of benzene rings is 2. The molecule has 0 aliphatic heterocycles. The average Bonchev–Trinajstić information content (AvgIpc) is 3.25. The number of fused-ring (bicyclic) bond motifs is 2. The van der Waals surface area contributed by atoms with Gasteiger partial charge in [-0.05, 0) is 105 Å². The molecule has 3 aliphatic rings. The van der Waals surface area contributed by atoms with E-state index in [1.165, 1.54) is 48.0 Å². The normalized spacial score (nSPS) is 23.9. The molecule has 1 heteroatoms. The van der Waals surface area contributed by atoms with Crippen LogP contribution in [0.25, 0.3) is 6.08 Å². The minimum absolute atomic E-state index is 0. The van der Waals surface area contributed by atoms with E-state index < -0.39 is 0 Å². The summed E-state index contributed by atoms with van der Waals surface area (Å²) in [6.45, 7) is 14.4. The van der Waals surface area contributed by atoms with Gasteiger partial charge in [-0.15, -0.1) is 0 Å². The van der Waals surface area contributed by atoms with Crippen LogP contribution in [0.1, 0.15) is 94.5 Å². The minimum Gasteiger partial charge on any atom is -0.0721 e. The van der Waals surface area contributed by atoms with Crippen LogP contribution >= 0.6 is 0 Å². The zero-order valence-corrected chi connectivity index (χ0v) is 24.9. The van der Waals surface area contributed by atoms with Crippen molar-refractivity contribution in [2.24, 2.45) is 5.41 Å². The van der Waals surface area contributed by atoms with Crippen molar-refractivity contribution in [2.45, 2.75) is 85.0 Å². The first-order chi connectivity index (χ1) is 15.3. The van der Waals surface area contributed by atoms with E-state index in [4.69, 9.17) is 0 Å². The van der Waals surface area contributed by atoms with Gasteiger partial charge in [-0.25, -0.2) is 0 Å². The van der Waals surface area contributed by atoms with Crippen molar-refractivity contribution in [1.82, 2.24) is 0 Å². The van der Waals surface area contributed by atoms with Crippen molar-refractivity contribution in [3.63, 3.8) is 0 Å². The first-order valence-corrected chi connectivity index (χ1v) is 12.6. The molecule has 0 amide bonds. The second-order valence-electron chi connectivity index (χ2n) is 10.9. The Morgan fingerprint density at radius 2 is 1.42 bits per heavy atom. The fourth-order valence-corrected chi connectivity index (χ4v) is 7.11. The van der Waals surface area contributed by atoms with E-state index >= 15 is 0 Å². The SMILES string of the molecule is CC1=C(C)C(C)(C2(CC(C)c3ccccc3)C=Cc3cc4c(cc32)CCCC4)C(C)=C1C.[Hf]. The van der Waals surface area contributed by atoms with E-state index in [2.05, 4.69) is 96.2 Å². The van der Waals surface area contributed by atoms with Gasteiger partial charge in [-0.1, -0.05) is 79.6 Å². The van der Waals surface area contributed by atoms with Crippen LogP contribution < -0.4 is 0 Å². The standard InChI is InChI=1S/C32H38.Hf/c1-21(26-12-8-7-9-13-26)20-32(31(6)24(4)22(2)23(3)25(31)5)17-16-29-18-27-14-10-11-15-28(27)19-30(29)32;/h7-9,12-13,16-19,21H,10-11,14-15,20H2,1-6H3;. The van der Waals surface area contributed by atoms with Gasteiger partial charge in [0.05, 0.1) is 0 Å². The predicted octanol–water partition coefficient (Wildman–Crippen LogP) is 8.71. The molecule has 0 heterocycles. The van der Waals surface area contributed by atoms with E-state index in [0.29, 0.717) is 5.92 Å². The topological polar surface area (TPSA) is 0 Å². The third kappa shape index (κ3) is 3.56. The first kappa shape index (κ1) is 24.6. The second-order valence-corrected chi connectivity index (χ2v) is 10.9. The molecule has 0 spiro atoms. The zero-order chi connectivity index (χ0) is 22.7. The summed E-state index contributed by atoms with van der Waals surface area (Å²) in [7, 11) is 0. The van der Waals surface area contributed by atoms with E-state index in [0.717, 1.165) is 6.42 Å². The van der Waals surface area contributed by atoms with Crippen LogP contribution in [0, 0.1) is 5.41 Å². The maximum Gasteiger partial charge on any atom is 0.0275 e. The minimum atomic E-state index is -0.0166. The maximum atomic E-state index is 2.62. The maximum absolute atomic E-state index is 2.62.